The highest BCUT2D eigenvalue weighted by molar-refractivity contribution is 6.04. The van der Waals surface area contributed by atoms with Crippen molar-refractivity contribution in [2.24, 2.45) is 0 Å². The van der Waals surface area contributed by atoms with E-state index in [0.717, 1.165) is 11.1 Å². The van der Waals surface area contributed by atoms with Crippen LogP contribution in [0, 0.1) is 0 Å². The second kappa shape index (κ2) is 12.6. The van der Waals surface area contributed by atoms with Gasteiger partial charge in [0.25, 0.3) is 5.91 Å². The van der Waals surface area contributed by atoms with Gasteiger partial charge in [-0.3, -0.25) is 9.59 Å². The van der Waals surface area contributed by atoms with E-state index in [-0.39, 0.29) is 24.2 Å². The third kappa shape index (κ3) is 7.75. The van der Waals surface area contributed by atoms with Crippen molar-refractivity contribution < 1.29 is 28.6 Å². The summed E-state index contributed by atoms with van der Waals surface area (Å²) in [6.07, 6.45) is 2.35. The first-order valence-corrected chi connectivity index (χ1v) is 10.9. The van der Waals surface area contributed by atoms with Crippen LogP contribution < -0.4 is 20.1 Å². The Kier molecular flexibility index (Phi) is 9.01. The van der Waals surface area contributed by atoms with E-state index in [9.17, 15) is 14.4 Å². The van der Waals surface area contributed by atoms with E-state index in [0.29, 0.717) is 23.5 Å². The summed E-state index contributed by atoms with van der Waals surface area (Å²) in [7, 11) is 1.58. The van der Waals surface area contributed by atoms with Crippen LogP contribution in [-0.4, -0.2) is 31.7 Å². The van der Waals surface area contributed by atoms with Crippen LogP contribution in [0.25, 0.3) is 6.08 Å². The Labute approximate surface area is 203 Å². The monoisotopic (exact) mass is 474 g/mol. The first-order valence-electron chi connectivity index (χ1n) is 10.9. The fourth-order valence-electron chi connectivity index (χ4n) is 3.04. The lowest BCUT2D eigenvalue weighted by Crippen LogP contribution is -2.20. The SMILES string of the molecule is CCOC(=O)Oc1ccc(C(=O)Nc2ccc(CNC(=O)/C=C/c3ccccc3OC)cc2)cc1. The number of amides is 2. The smallest absolute Gasteiger partial charge is 0.496 e. The molecule has 0 aliphatic rings. The minimum absolute atomic E-state index is 0.214. The van der Waals surface area contributed by atoms with Crippen molar-refractivity contribution in [3.8, 4) is 11.5 Å². The van der Waals surface area contributed by atoms with E-state index in [1.54, 1.807) is 44.4 Å². The number of para-hydroxylation sites is 1. The van der Waals surface area contributed by atoms with Crippen LogP contribution in [0.5, 0.6) is 11.5 Å². The molecule has 35 heavy (non-hydrogen) atoms. The van der Waals surface area contributed by atoms with Crippen molar-refractivity contribution in [2.45, 2.75) is 13.5 Å². The summed E-state index contributed by atoms with van der Waals surface area (Å²) in [5, 5.41) is 5.62. The molecule has 8 heteroatoms. The third-order valence-electron chi connectivity index (χ3n) is 4.81. The van der Waals surface area contributed by atoms with Gasteiger partial charge < -0.3 is 24.8 Å². The molecule has 0 radical (unpaired) electrons. The maximum atomic E-state index is 12.5. The lowest BCUT2D eigenvalue weighted by molar-refractivity contribution is -0.116. The topological polar surface area (TPSA) is 103 Å². The van der Waals surface area contributed by atoms with Gasteiger partial charge in [0.05, 0.1) is 13.7 Å². The highest BCUT2D eigenvalue weighted by Gasteiger charge is 2.09. The molecule has 3 aromatic rings. The summed E-state index contributed by atoms with van der Waals surface area (Å²) < 4.78 is 15.0. The Morgan fingerprint density at radius 1 is 0.914 bits per heavy atom. The van der Waals surface area contributed by atoms with Gasteiger partial charge in [0.2, 0.25) is 5.91 Å². The Bertz CT molecular complexity index is 1190. The molecule has 8 nitrogen and oxygen atoms in total. The normalized spacial score (nSPS) is 10.5. The molecule has 0 bridgehead atoms. The average molecular weight is 475 g/mol. The largest absolute Gasteiger partial charge is 0.513 e. The van der Waals surface area contributed by atoms with Crippen LogP contribution in [0.1, 0.15) is 28.4 Å². The minimum atomic E-state index is -0.798. The van der Waals surface area contributed by atoms with Gasteiger partial charge in [0.15, 0.2) is 0 Å². The van der Waals surface area contributed by atoms with E-state index in [4.69, 9.17) is 14.2 Å². The minimum Gasteiger partial charge on any atom is -0.496 e. The summed E-state index contributed by atoms with van der Waals surface area (Å²) in [4.78, 5) is 36.0. The maximum absolute atomic E-state index is 12.5. The van der Waals surface area contributed by atoms with Crippen LogP contribution in [0.2, 0.25) is 0 Å². The number of carbonyl (C=O) groups is 3. The summed E-state index contributed by atoms with van der Waals surface area (Å²) >= 11 is 0. The Balaban J connectivity index is 1.49. The fraction of sp³-hybridized carbons (Fsp3) is 0.148. The zero-order valence-electron chi connectivity index (χ0n) is 19.4. The fourth-order valence-corrected chi connectivity index (χ4v) is 3.04. The van der Waals surface area contributed by atoms with Gasteiger partial charge in [-0.1, -0.05) is 30.3 Å². The van der Waals surface area contributed by atoms with Crippen LogP contribution in [0.15, 0.2) is 78.9 Å². The highest BCUT2D eigenvalue weighted by atomic mass is 16.7. The van der Waals surface area contributed by atoms with Crippen molar-refractivity contribution in [3.05, 3.63) is 95.6 Å². The number of benzene rings is 3. The van der Waals surface area contributed by atoms with Gasteiger partial charge in [-0.15, -0.1) is 0 Å². The molecule has 3 aromatic carbocycles. The lowest BCUT2D eigenvalue weighted by Gasteiger charge is -2.08. The summed E-state index contributed by atoms with van der Waals surface area (Å²) in [5.74, 6) is 0.429. The molecular formula is C27H26N2O6. The molecule has 2 amide bonds. The second-order valence-corrected chi connectivity index (χ2v) is 7.25. The molecule has 3 rings (SSSR count). The van der Waals surface area contributed by atoms with Crippen LogP contribution in [0.4, 0.5) is 10.5 Å². The van der Waals surface area contributed by atoms with Crippen molar-refractivity contribution in [1.82, 2.24) is 5.32 Å². The summed E-state index contributed by atoms with van der Waals surface area (Å²) in [6, 6.07) is 20.7. The quantitative estimate of drug-likeness (QED) is 0.262. The third-order valence-corrected chi connectivity index (χ3v) is 4.81. The van der Waals surface area contributed by atoms with Gasteiger partial charge in [0, 0.05) is 29.4 Å². The number of hydrogen-bond donors (Lipinski definition) is 2. The van der Waals surface area contributed by atoms with Gasteiger partial charge >= 0.3 is 6.16 Å². The standard InChI is InChI=1S/C27H26N2O6/c1-3-34-27(32)35-23-15-10-21(11-16-23)26(31)29-22-13-8-19(9-14-22)18-28-25(30)17-12-20-6-4-5-7-24(20)33-2/h4-17H,3,18H2,1-2H3,(H,28,30)(H,29,31)/b17-12+. The molecule has 0 aliphatic heterocycles. The number of nitrogens with one attached hydrogen (secondary N) is 2. The van der Waals surface area contributed by atoms with Crippen LogP contribution in [0.3, 0.4) is 0 Å². The predicted molar refractivity (Wildman–Crippen MR) is 132 cm³/mol. The molecule has 0 heterocycles. The van der Waals surface area contributed by atoms with Crippen molar-refractivity contribution >= 4 is 29.7 Å². The first kappa shape index (κ1) is 25.0. The Morgan fingerprint density at radius 2 is 1.63 bits per heavy atom. The van der Waals surface area contributed by atoms with E-state index in [2.05, 4.69) is 10.6 Å². The molecule has 0 fully saturated rings. The predicted octanol–water partition coefficient (Wildman–Crippen LogP) is 4.81. The molecule has 0 aromatic heterocycles. The molecule has 180 valence electrons. The summed E-state index contributed by atoms with van der Waals surface area (Å²) in [5.41, 5.74) is 2.70. The van der Waals surface area contributed by atoms with E-state index < -0.39 is 6.16 Å². The van der Waals surface area contributed by atoms with Crippen molar-refractivity contribution in [2.75, 3.05) is 19.0 Å². The van der Waals surface area contributed by atoms with Gasteiger partial charge in [0.1, 0.15) is 11.5 Å². The van der Waals surface area contributed by atoms with Gasteiger partial charge in [-0.2, -0.15) is 0 Å². The number of ether oxygens (including phenoxy) is 3. The van der Waals surface area contributed by atoms with Crippen molar-refractivity contribution in [1.29, 1.82) is 0 Å². The lowest BCUT2D eigenvalue weighted by atomic mass is 10.1. The number of anilines is 1. The van der Waals surface area contributed by atoms with E-state index in [1.807, 2.05) is 36.4 Å². The van der Waals surface area contributed by atoms with Gasteiger partial charge in [-0.05, 0) is 61.0 Å². The molecule has 0 aliphatic carbocycles. The number of rotatable bonds is 9. The molecule has 0 unspecified atom stereocenters. The zero-order chi connectivity index (χ0) is 25.0. The zero-order valence-corrected chi connectivity index (χ0v) is 19.4. The Hall–Kier alpha value is -4.59. The summed E-state index contributed by atoms with van der Waals surface area (Å²) in [6.45, 7) is 2.23. The van der Waals surface area contributed by atoms with Gasteiger partial charge in [-0.25, -0.2) is 4.79 Å². The first-order chi connectivity index (χ1) is 17.0. The second-order valence-electron chi connectivity index (χ2n) is 7.25. The number of methoxy groups -OCH3 is 1. The van der Waals surface area contributed by atoms with Crippen molar-refractivity contribution in [3.63, 3.8) is 0 Å². The highest BCUT2D eigenvalue weighted by Crippen LogP contribution is 2.19. The molecule has 0 saturated carbocycles. The van der Waals surface area contributed by atoms with Crippen LogP contribution in [-0.2, 0) is 16.1 Å². The molecule has 2 N–H and O–H groups in total. The molecule has 0 spiro atoms. The number of hydrogen-bond acceptors (Lipinski definition) is 6. The average Bonchev–Trinajstić information content (AvgIpc) is 2.87. The van der Waals surface area contributed by atoms with E-state index in [1.165, 1.54) is 18.2 Å². The number of carbonyl (C=O) groups excluding carboxylic acids is 3. The Morgan fingerprint density at radius 3 is 2.31 bits per heavy atom. The van der Waals surface area contributed by atoms with E-state index >= 15 is 0 Å². The molecule has 0 atom stereocenters. The molecular weight excluding hydrogens is 448 g/mol. The van der Waals surface area contributed by atoms with Crippen LogP contribution >= 0.6 is 0 Å². The maximum Gasteiger partial charge on any atom is 0.513 e. The molecule has 0 saturated heterocycles.